The van der Waals surface area contributed by atoms with Crippen LogP contribution in [-0.2, 0) is 20.8 Å². The van der Waals surface area contributed by atoms with Gasteiger partial charge in [0.1, 0.15) is 17.8 Å². The molecular formula is C29H40N4O5. The molecule has 1 aromatic carbocycles. The van der Waals surface area contributed by atoms with E-state index in [1.807, 2.05) is 18.2 Å². The summed E-state index contributed by atoms with van der Waals surface area (Å²) in [5.74, 6) is 0.507. The Balaban J connectivity index is 1.19. The number of nitrogens with zero attached hydrogens (tertiary/aromatic N) is 2. The molecular weight excluding hydrogens is 484 g/mol. The van der Waals surface area contributed by atoms with Gasteiger partial charge in [-0.2, -0.15) is 0 Å². The highest BCUT2D eigenvalue weighted by Gasteiger charge is 2.52. The minimum absolute atomic E-state index is 0.0645. The van der Waals surface area contributed by atoms with E-state index in [-0.39, 0.29) is 24.3 Å². The highest BCUT2D eigenvalue weighted by atomic mass is 16.5. The van der Waals surface area contributed by atoms with Crippen LogP contribution in [-0.4, -0.2) is 71.9 Å². The lowest BCUT2D eigenvalue weighted by Gasteiger charge is -2.41. The summed E-state index contributed by atoms with van der Waals surface area (Å²) in [6.45, 7) is 1.78. The summed E-state index contributed by atoms with van der Waals surface area (Å²) in [5, 5.41) is 6.00. The van der Waals surface area contributed by atoms with Crippen LogP contribution in [0.5, 0.6) is 5.75 Å². The first-order valence-electron chi connectivity index (χ1n) is 14.3. The summed E-state index contributed by atoms with van der Waals surface area (Å²) < 4.78 is 5.97. The fraction of sp³-hybridized carbons (Fsp3) is 0.655. The Hall–Kier alpha value is -3.10. The molecule has 5 amide bonds. The number of imide groups is 1. The number of nitrogens with one attached hydrogen (secondary N) is 2. The molecule has 9 heteroatoms. The van der Waals surface area contributed by atoms with Crippen molar-refractivity contribution in [1.29, 1.82) is 0 Å². The van der Waals surface area contributed by atoms with Crippen molar-refractivity contribution in [2.75, 3.05) is 32.8 Å². The zero-order valence-corrected chi connectivity index (χ0v) is 22.3. The number of amides is 5. The van der Waals surface area contributed by atoms with Gasteiger partial charge in [0.15, 0.2) is 0 Å². The summed E-state index contributed by atoms with van der Waals surface area (Å²) in [6.07, 6.45) is 9.62. The van der Waals surface area contributed by atoms with Gasteiger partial charge in [0.2, 0.25) is 11.8 Å². The molecule has 5 rings (SSSR count). The smallest absolute Gasteiger partial charge is 0.325 e. The van der Waals surface area contributed by atoms with Crippen LogP contribution < -0.4 is 15.4 Å². The number of carbonyl (C=O) groups excluding carboxylic acids is 4. The van der Waals surface area contributed by atoms with Crippen molar-refractivity contribution in [3.63, 3.8) is 0 Å². The van der Waals surface area contributed by atoms with Gasteiger partial charge in [-0.05, 0) is 63.0 Å². The van der Waals surface area contributed by atoms with Crippen LogP contribution in [0.1, 0.15) is 76.2 Å². The number of hydrogen-bond donors (Lipinski definition) is 2. The second-order valence-electron chi connectivity index (χ2n) is 11.4. The number of carbonyl (C=O) groups is 4. The first-order chi connectivity index (χ1) is 18.4. The number of likely N-dealkylation sites (tertiary alicyclic amines) is 1. The molecule has 9 nitrogen and oxygen atoms in total. The number of hydrogen-bond acceptors (Lipinski definition) is 5. The minimum atomic E-state index is -0.822. The van der Waals surface area contributed by atoms with Crippen LogP contribution in [0, 0.1) is 5.41 Å². The molecule has 38 heavy (non-hydrogen) atoms. The topological polar surface area (TPSA) is 108 Å². The molecule has 4 aliphatic rings. The Morgan fingerprint density at radius 2 is 1.63 bits per heavy atom. The second kappa shape index (κ2) is 11.3. The third-order valence-electron chi connectivity index (χ3n) is 8.99. The van der Waals surface area contributed by atoms with Gasteiger partial charge in [0, 0.05) is 19.6 Å². The highest BCUT2D eigenvalue weighted by Crippen LogP contribution is 2.38. The van der Waals surface area contributed by atoms with Gasteiger partial charge in [-0.15, -0.1) is 0 Å². The first kappa shape index (κ1) is 26.5. The molecule has 206 valence electrons. The summed E-state index contributed by atoms with van der Waals surface area (Å²) in [5.41, 5.74) is -0.119. The third kappa shape index (κ3) is 5.38. The van der Waals surface area contributed by atoms with E-state index in [1.54, 1.807) is 4.90 Å². The second-order valence-corrected chi connectivity index (χ2v) is 11.4. The van der Waals surface area contributed by atoms with E-state index in [2.05, 4.69) is 16.7 Å². The quantitative estimate of drug-likeness (QED) is 0.578. The fourth-order valence-corrected chi connectivity index (χ4v) is 6.60. The molecule has 0 unspecified atom stereocenters. The predicted molar refractivity (Wildman–Crippen MR) is 141 cm³/mol. The van der Waals surface area contributed by atoms with Crippen molar-refractivity contribution >= 4 is 23.8 Å². The SMILES string of the molecule is O=C(CN1C(=O)NC2(CCCCC2)C1=O)N1CCC2(CCCCc3ccccc3OCCCNC2=O)CC1. The van der Waals surface area contributed by atoms with E-state index in [9.17, 15) is 19.2 Å². The number of rotatable bonds is 2. The molecule has 3 fully saturated rings. The first-order valence-corrected chi connectivity index (χ1v) is 14.3. The number of para-hydroxylation sites is 1. The van der Waals surface area contributed by atoms with Crippen LogP contribution >= 0.6 is 0 Å². The van der Waals surface area contributed by atoms with E-state index < -0.39 is 17.0 Å². The van der Waals surface area contributed by atoms with Gasteiger partial charge in [0.05, 0.1) is 12.0 Å². The van der Waals surface area contributed by atoms with Crippen LogP contribution in [0.25, 0.3) is 0 Å². The molecule has 1 aromatic rings. The molecule has 0 aromatic heterocycles. The molecule has 1 saturated carbocycles. The largest absolute Gasteiger partial charge is 0.493 e. The summed E-state index contributed by atoms with van der Waals surface area (Å²) in [4.78, 5) is 55.1. The molecule has 3 aliphatic heterocycles. The molecule has 2 spiro atoms. The van der Waals surface area contributed by atoms with Crippen molar-refractivity contribution < 1.29 is 23.9 Å². The maximum Gasteiger partial charge on any atom is 0.325 e. The van der Waals surface area contributed by atoms with E-state index in [0.717, 1.165) is 62.0 Å². The number of urea groups is 1. The van der Waals surface area contributed by atoms with Crippen LogP contribution in [0.15, 0.2) is 24.3 Å². The zero-order chi connectivity index (χ0) is 26.6. The van der Waals surface area contributed by atoms with Gasteiger partial charge in [0.25, 0.3) is 5.91 Å². The van der Waals surface area contributed by atoms with Gasteiger partial charge >= 0.3 is 6.03 Å². The molecule has 0 radical (unpaired) electrons. The van der Waals surface area contributed by atoms with Crippen LogP contribution in [0.2, 0.25) is 0 Å². The Bertz CT molecular complexity index is 1060. The molecule has 1 aliphatic carbocycles. The third-order valence-corrected chi connectivity index (χ3v) is 8.99. The number of aryl methyl sites for hydroxylation is 1. The lowest BCUT2D eigenvalue weighted by molar-refractivity contribution is -0.143. The Morgan fingerprint density at radius 1 is 0.895 bits per heavy atom. The van der Waals surface area contributed by atoms with Crippen LogP contribution in [0.4, 0.5) is 4.79 Å². The number of benzene rings is 1. The Morgan fingerprint density at radius 3 is 2.42 bits per heavy atom. The summed E-state index contributed by atoms with van der Waals surface area (Å²) >= 11 is 0. The minimum Gasteiger partial charge on any atom is -0.493 e. The average Bonchev–Trinajstić information content (AvgIpc) is 3.15. The van der Waals surface area contributed by atoms with Gasteiger partial charge in [-0.3, -0.25) is 19.3 Å². The van der Waals surface area contributed by atoms with E-state index >= 15 is 0 Å². The monoisotopic (exact) mass is 524 g/mol. The molecule has 3 heterocycles. The van der Waals surface area contributed by atoms with E-state index in [4.69, 9.17) is 4.74 Å². The lowest BCUT2D eigenvalue weighted by Crippen LogP contribution is -2.53. The maximum absolute atomic E-state index is 13.4. The normalized spacial score (nSPS) is 23.9. The van der Waals surface area contributed by atoms with Gasteiger partial charge in [-0.1, -0.05) is 43.9 Å². The van der Waals surface area contributed by atoms with E-state index in [0.29, 0.717) is 51.9 Å². The van der Waals surface area contributed by atoms with Crippen molar-refractivity contribution in [2.45, 2.75) is 82.6 Å². The Kier molecular flexibility index (Phi) is 7.91. The van der Waals surface area contributed by atoms with Crippen molar-refractivity contribution in [3.8, 4) is 5.75 Å². The number of fused-ring (bicyclic) bond motifs is 1. The van der Waals surface area contributed by atoms with Gasteiger partial charge in [-0.25, -0.2) is 4.79 Å². The molecule has 0 atom stereocenters. The maximum atomic E-state index is 13.4. The lowest BCUT2D eigenvalue weighted by atomic mass is 9.73. The zero-order valence-electron chi connectivity index (χ0n) is 22.3. The number of ether oxygens (including phenoxy) is 1. The van der Waals surface area contributed by atoms with E-state index in [1.165, 1.54) is 5.56 Å². The summed E-state index contributed by atoms with van der Waals surface area (Å²) in [7, 11) is 0. The molecule has 2 N–H and O–H groups in total. The highest BCUT2D eigenvalue weighted by molar-refractivity contribution is 6.09. The standard InChI is InChI=1S/C29H40N4O5/c34-24(21-33-26(36)29(31-27(33)37)13-5-1-6-14-29)32-18-15-28(16-19-32)12-7-4-10-22-9-2-3-11-23(22)38-20-8-17-30-25(28)35/h2-3,9,11H,1,4-8,10,12-21H2,(H,30,35)(H,31,37). The van der Waals surface area contributed by atoms with Crippen LogP contribution in [0.3, 0.4) is 0 Å². The number of piperidine rings is 1. The van der Waals surface area contributed by atoms with Crippen molar-refractivity contribution in [2.24, 2.45) is 5.41 Å². The molecule has 0 bridgehead atoms. The fourth-order valence-electron chi connectivity index (χ4n) is 6.60. The molecule has 2 saturated heterocycles. The summed E-state index contributed by atoms with van der Waals surface area (Å²) in [6, 6.07) is 7.69. The average molecular weight is 525 g/mol. The Labute approximate surface area is 224 Å². The predicted octanol–water partition coefficient (Wildman–Crippen LogP) is 3.16. The van der Waals surface area contributed by atoms with Crippen molar-refractivity contribution in [3.05, 3.63) is 29.8 Å². The van der Waals surface area contributed by atoms with Crippen molar-refractivity contribution in [1.82, 2.24) is 20.4 Å². The van der Waals surface area contributed by atoms with Gasteiger partial charge < -0.3 is 20.3 Å².